The second kappa shape index (κ2) is 8.15. The number of urea groups is 1. The number of nitrogens with zero attached hydrogens (tertiary/aromatic N) is 2. The summed E-state index contributed by atoms with van der Waals surface area (Å²) in [6.07, 6.45) is 0. The zero-order chi connectivity index (χ0) is 17.6. The molecule has 0 spiro atoms. The van der Waals surface area contributed by atoms with Crippen LogP contribution in [0.1, 0.15) is 10.5 Å². The van der Waals surface area contributed by atoms with Crippen LogP contribution in [-0.4, -0.2) is 43.2 Å². The average Bonchev–Trinajstić information content (AvgIpc) is 3.11. The molecular weight excluding hydrogens is 366 g/mol. The van der Waals surface area contributed by atoms with Crippen LogP contribution in [0.3, 0.4) is 0 Å². The van der Waals surface area contributed by atoms with Crippen molar-refractivity contribution >= 4 is 45.7 Å². The van der Waals surface area contributed by atoms with Gasteiger partial charge in [0.2, 0.25) is 0 Å². The maximum absolute atomic E-state index is 12.1. The minimum Gasteiger partial charge on any atom is -0.378 e. The maximum atomic E-state index is 12.1. The van der Waals surface area contributed by atoms with Crippen LogP contribution in [0.2, 0.25) is 5.02 Å². The second-order valence-corrected chi connectivity index (χ2v) is 6.43. The Hall–Kier alpha value is -2.36. The first-order chi connectivity index (χ1) is 12.1. The van der Waals surface area contributed by atoms with Crippen molar-refractivity contribution in [2.45, 2.75) is 0 Å². The molecule has 0 atom stereocenters. The van der Waals surface area contributed by atoms with E-state index in [4.69, 9.17) is 16.3 Å². The molecule has 1 aliphatic heterocycles. The van der Waals surface area contributed by atoms with Crippen molar-refractivity contribution in [2.24, 2.45) is 0 Å². The summed E-state index contributed by atoms with van der Waals surface area (Å²) in [5.41, 5.74) is 5.35. The van der Waals surface area contributed by atoms with Gasteiger partial charge in [0.25, 0.3) is 5.91 Å². The molecule has 10 heteroatoms. The number of morpholine rings is 1. The van der Waals surface area contributed by atoms with Gasteiger partial charge in [0.05, 0.1) is 13.2 Å². The van der Waals surface area contributed by atoms with E-state index in [1.807, 2.05) is 0 Å². The van der Waals surface area contributed by atoms with Gasteiger partial charge in [0, 0.05) is 29.2 Å². The van der Waals surface area contributed by atoms with Gasteiger partial charge in [-0.15, -0.1) is 11.3 Å². The number of thiazole rings is 1. The Kier molecular flexibility index (Phi) is 5.69. The summed E-state index contributed by atoms with van der Waals surface area (Å²) < 4.78 is 5.29. The number of anilines is 2. The second-order valence-electron chi connectivity index (χ2n) is 5.16. The van der Waals surface area contributed by atoms with Crippen LogP contribution in [0.5, 0.6) is 0 Å². The molecule has 3 rings (SSSR count). The maximum Gasteiger partial charge on any atom is 0.337 e. The monoisotopic (exact) mass is 381 g/mol. The highest BCUT2D eigenvalue weighted by Gasteiger charge is 2.17. The summed E-state index contributed by atoms with van der Waals surface area (Å²) >= 11 is 7.22. The molecule has 2 aromatic rings. The van der Waals surface area contributed by atoms with E-state index in [0.29, 0.717) is 23.9 Å². The van der Waals surface area contributed by atoms with Crippen molar-refractivity contribution in [3.8, 4) is 0 Å². The van der Waals surface area contributed by atoms with Gasteiger partial charge < -0.3 is 15.0 Å². The van der Waals surface area contributed by atoms with Gasteiger partial charge in [-0.25, -0.2) is 15.2 Å². The van der Waals surface area contributed by atoms with Gasteiger partial charge in [-0.05, 0) is 18.2 Å². The quantitative estimate of drug-likeness (QED) is 0.708. The first-order valence-corrected chi connectivity index (χ1v) is 8.79. The van der Waals surface area contributed by atoms with Crippen LogP contribution in [-0.2, 0) is 4.74 Å². The Morgan fingerprint density at radius 3 is 2.80 bits per heavy atom. The topological polar surface area (TPSA) is 95.6 Å². The van der Waals surface area contributed by atoms with Gasteiger partial charge >= 0.3 is 6.03 Å². The molecule has 1 aromatic heterocycles. The van der Waals surface area contributed by atoms with E-state index < -0.39 is 11.9 Å². The Bertz CT molecular complexity index is 763. The summed E-state index contributed by atoms with van der Waals surface area (Å²) in [6.45, 7) is 2.78. The molecule has 0 unspecified atom stereocenters. The number of carbonyl (C=O) groups excluding carboxylic acids is 2. The Morgan fingerprint density at radius 2 is 2.04 bits per heavy atom. The van der Waals surface area contributed by atoms with Crippen LogP contribution in [0, 0.1) is 0 Å². The van der Waals surface area contributed by atoms with E-state index in [-0.39, 0.29) is 5.69 Å². The number of amides is 3. The summed E-state index contributed by atoms with van der Waals surface area (Å²) in [6, 6.07) is 6.10. The van der Waals surface area contributed by atoms with Crippen molar-refractivity contribution in [2.75, 3.05) is 36.5 Å². The zero-order valence-corrected chi connectivity index (χ0v) is 14.7. The molecule has 132 valence electrons. The smallest absolute Gasteiger partial charge is 0.337 e. The highest BCUT2D eigenvalue weighted by Crippen LogP contribution is 2.21. The van der Waals surface area contributed by atoms with E-state index in [0.717, 1.165) is 18.2 Å². The van der Waals surface area contributed by atoms with Crippen molar-refractivity contribution in [3.05, 3.63) is 40.4 Å². The Labute approximate surface area is 153 Å². The molecule has 0 saturated carbocycles. The summed E-state index contributed by atoms with van der Waals surface area (Å²) in [5.74, 6) is -0.489. The molecule has 1 aromatic carbocycles. The molecule has 1 aliphatic rings. The van der Waals surface area contributed by atoms with Gasteiger partial charge in [-0.3, -0.25) is 10.2 Å². The first-order valence-electron chi connectivity index (χ1n) is 7.53. The normalized spacial score (nSPS) is 14.0. The number of hydrogen-bond donors (Lipinski definition) is 3. The van der Waals surface area contributed by atoms with E-state index in [1.165, 1.54) is 11.3 Å². The molecule has 0 aliphatic carbocycles. The van der Waals surface area contributed by atoms with Crippen LogP contribution in [0.15, 0.2) is 29.6 Å². The van der Waals surface area contributed by atoms with E-state index in [9.17, 15) is 9.59 Å². The third kappa shape index (κ3) is 4.81. The third-order valence-corrected chi connectivity index (χ3v) is 4.51. The van der Waals surface area contributed by atoms with Crippen molar-refractivity contribution < 1.29 is 14.3 Å². The van der Waals surface area contributed by atoms with Gasteiger partial charge in [0.1, 0.15) is 5.69 Å². The van der Waals surface area contributed by atoms with Gasteiger partial charge in [-0.2, -0.15) is 0 Å². The molecule has 0 bridgehead atoms. The standard InChI is InChI=1S/C15H16ClN5O3S/c16-10-2-1-3-11(8-10)17-14(23)20-19-13(22)12-9-25-15(18-12)21-4-6-24-7-5-21/h1-3,8-9H,4-7H2,(H,19,22)(H2,17,20,23). The van der Waals surface area contributed by atoms with E-state index in [1.54, 1.807) is 29.6 Å². The molecule has 25 heavy (non-hydrogen) atoms. The largest absolute Gasteiger partial charge is 0.378 e. The van der Waals surface area contributed by atoms with Gasteiger partial charge in [0.15, 0.2) is 5.13 Å². The van der Waals surface area contributed by atoms with Crippen molar-refractivity contribution in [3.63, 3.8) is 0 Å². The number of halogens is 1. The minimum atomic E-state index is -0.584. The van der Waals surface area contributed by atoms with Crippen LogP contribution < -0.4 is 21.1 Å². The highest BCUT2D eigenvalue weighted by molar-refractivity contribution is 7.13. The zero-order valence-electron chi connectivity index (χ0n) is 13.1. The van der Waals surface area contributed by atoms with Gasteiger partial charge in [-0.1, -0.05) is 17.7 Å². The number of ether oxygens (including phenoxy) is 1. The van der Waals surface area contributed by atoms with E-state index in [2.05, 4.69) is 26.1 Å². The average molecular weight is 382 g/mol. The molecule has 1 fully saturated rings. The Balaban J connectivity index is 1.50. The molecule has 1 saturated heterocycles. The lowest BCUT2D eigenvalue weighted by atomic mass is 10.3. The summed E-state index contributed by atoms with van der Waals surface area (Å²) in [5, 5.41) is 5.47. The summed E-state index contributed by atoms with van der Waals surface area (Å²) in [7, 11) is 0. The number of hydrogen-bond acceptors (Lipinski definition) is 6. The fourth-order valence-corrected chi connectivity index (χ4v) is 3.22. The lowest BCUT2D eigenvalue weighted by Gasteiger charge is -2.25. The lowest BCUT2D eigenvalue weighted by molar-refractivity contribution is 0.0933. The molecule has 8 nitrogen and oxygen atoms in total. The molecule has 0 radical (unpaired) electrons. The first kappa shape index (κ1) is 17.5. The number of rotatable bonds is 3. The van der Waals surface area contributed by atoms with E-state index >= 15 is 0 Å². The highest BCUT2D eigenvalue weighted by atomic mass is 35.5. The van der Waals surface area contributed by atoms with Crippen molar-refractivity contribution in [1.29, 1.82) is 0 Å². The molecule has 2 heterocycles. The van der Waals surface area contributed by atoms with Crippen molar-refractivity contribution in [1.82, 2.24) is 15.8 Å². The molecule has 3 amide bonds. The number of nitrogens with one attached hydrogen (secondary N) is 3. The fraction of sp³-hybridized carbons (Fsp3) is 0.267. The third-order valence-electron chi connectivity index (χ3n) is 3.38. The number of hydrazine groups is 1. The SMILES string of the molecule is O=C(NNC(=O)c1csc(N2CCOCC2)n1)Nc1cccc(Cl)c1. The summed E-state index contributed by atoms with van der Waals surface area (Å²) in [4.78, 5) is 30.2. The molecular formula is C15H16ClN5O3S. The molecule has 3 N–H and O–H groups in total. The predicted molar refractivity (Wildman–Crippen MR) is 96.2 cm³/mol. The number of carbonyl (C=O) groups is 2. The van der Waals surface area contributed by atoms with Crippen LogP contribution in [0.4, 0.5) is 15.6 Å². The lowest BCUT2D eigenvalue weighted by Crippen LogP contribution is -2.44. The number of aromatic nitrogens is 1. The number of benzene rings is 1. The minimum absolute atomic E-state index is 0.245. The Morgan fingerprint density at radius 1 is 1.24 bits per heavy atom. The van der Waals surface area contributed by atoms with Crippen LogP contribution in [0.25, 0.3) is 0 Å². The fourth-order valence-electron chi connectivity index (χ4n) is 2.17. The predicted octanol–water partition coefficient (Wildman–Crippen LogP) is 2.10. The van der Waals surface area contributed by atoms with Crippen LogP contribution >= 0.6 is 22.9 Å².